The number of pyridine rings is 1. The zero-order valence-corrected chi connectivity index (χ0v) is 14.5. The van der Waals surface area contributed by atoms with Crippen molar-refractivity contribution in [3.05, 3.63) is 65.5 Å². The number of hydrogen-bond acceptors (Lipinski definition) is 3. The molecule has 0 aliphatic carbocycles. The Morgan fingerprint density at radius 3 is 2.38 bits per heavy atom. The first-order valence-electron chi connectivity index (χ1n) is 8.45. The maximum absolute atomic E-state index is 12.3. The van der Waals surface area contributed by atoms with Gasteiger partial charge in [0.1, 0.15) is 0 Å². The molecule has 1 aromatic heterocycles. The van der Waals surface area contributed by atoms with Gasteiger partial charge in [-0.1, -0.05) is 36.2 Å². The number of carbonyl (C=O) groups excluding carboxylic acids is 1. The summed E-state index contributed by atoms with van der Waals surface area (Å²) in [5.74, 6) is 0.0785. The highest BCUT2D eigenvalue weighted by Gasteiger charge is 2.16. The van der Waals surface area contributed by atoms with Crippen molar-refractivity contribution < 1.29 is 9.53 Å². The summed E-state index contributed by atoms with van der Waals surface area (Å²) in [4.78, 5) is 16.4. The average molecular weight is 326 g/mol. The fourth-order valence-electron chi connectivity index (χ4n) is 2.62. The van der Waals surface area contributed by atoms with Crippen LogP contribution >= 0.6 is 0 Å². The summed E-state index contributed by atoms with van der Waals surface area (Å²) in [5, 5.41) is 3.16. The molecule has 128 valence electrons. The lowest BCUT2D eigenvalue weighted by atomic mass is 9.98. The number of nitrogens with zero attached hydrogens (tertiary/aromatic N) is 1. The molecule has 1 amide bonds. The number of carbonyl (C=O) groups is 1. The number of benzene rings is 1. The van der Waals surface area contributed by atoms with Crippen molar-refractivity contribution in [2.75, 3.05) is 13.7 Å². The van der Waals surface area contributed by atoms with E-state index in [0.717, 1.165) is 37.0 Å². The number of hydrogen-bond donors (Lipinski definition) is 1. The fourth-order valence-corrected chi connectivity index (χ4v) is 2.62. The molecular formula is C20H26N2O2. The van der Waals surface area contributed by atoms with Gasteiger partial charge in [0.2, 0.25) is 5.91 Å². The highest BCUT2D eigenvalue weighted by atomic mass is 16.5. The summed E-state index contributed by atoms with van der Waals surface area (Å²) in [7, 11) is 1.70. The zero-order chi connectivity index (χ0) is 17.2. The molecule has 2 rings (SSSR count). The molecule has 24 heavy (non-hydrogen) atoms. The molecule has 0 fully saturated rings. The highest BCUT2D eigenvalue weighted by Crippen LogP contribution is 2.22. The normalized spacial score (nSPS) is 11.9. The minimum absolute atomic E-state index is 0.0785. The minimum Gasteiger partial charge on any atom is -0.385 e. The third-order valence-corrected chi connectivity index (χ3v) is 4.01. The zero-order valence-electron chi connectivity index (χ0n) is 14.5. The van der Waals surface area contributed by atoms with Crippen LogP contribution in [0.4, 0.5) is 0 Å². The molecule has 0 saturated carbocycles. The van der Waals surface area contributed by atoms with Crippen molar-refractivity contribution in [2.45, 2.75) is 38.6 Å². The van der Waals surface area contributed by atoms with Gasteiger partial charge in [0.15, 0.2) is 0 Å². The molecule has 1 heterocycles. The molecule has 0 radical (unpaired) electrons. The second-order valence-corrected chi connectivity index (χ2v) is 6.00. The van der Waals surface area contributed by atoms with E-state index in [0.29, 0.717) is 6.42 Å². The second-order valence-electron chi connectivity index (χ2n) is 6.00. The van der Waals surface area contributed by atoms with Crippen molar-refractivity contribution in [2.24, 2.45) is 0 Å². The van der Waals surface area contributed by atoms with Crippen LogP contribution in [0.15, 0.2) is 48.8 Å². The number of nitrogens with one attached hydrogen (secondary N) is 1. The van der Waals surface area contributed by atoms with Crippen molar-refractivity contribution in [3.63, 3.8) is 0 Å². The fraction of sp³-hybridized carbons (Fsp3) is 0.400. The van der Waals surface area contributed by atoms with E-state index >= 15 is 0 Å². The van der Waals surface area contributed by atoms with Crippen LogP contribution < -0.4 is 5.32 Å². The number of aryl methyl sites for hydroxylation is 1. The van der Waals surface area contributed by atoms with Gasteiger partial charge in [0, 0.05) is 32.5 Å². The Morgan fingerprint density at radius 1 is 1.04 bits per heavy atom. The highest BCUT2D eigenvalue weighted by molar-refractivity contribution is 5.77. The van der Waals surface area contributed by atoms with E-state index in [1.54, 1.807) is 19.5 Å². The van der Waals surface area contributed by atoms with Crippen LogP contribution in [0.25, 0.3) is 0 Å². The van der Waals surface area contributed by atoms with Crippen LogP contribution in [-0.4, -0.2) is 24.6 Å². The molecule has 0 aliphatic rings. The molecule has 2 aromatic rings. The molecule has 0 unspecified atom stereocenters. The monoisotopic (exact) mass is 326 g/mol. The minimum atomic E-state index is -0.139. The lowest BCUT2D eigenvalue weighted by molar-refractivity contribution is -0.121. The SMILES string of the molecule is COCCCCCC(=O)N[C@@H](c1ccncc1)c1ccc(C)cc1. The number of unbranched alkanes of at least 4 members (excludes halogenated alkanes) is 2. The van der Waals surface area contributed by atoms with Crippen LogP contribution in [0.1, 0.15) is 48.4 Å². The number of ether oxygens (including phenoxy) is 1. The summed E-state index contributed by atoms with van der Waals surface area (Å²) in [5.41, 5.74) is 3.33. The van der Waals surface area contributed by atoms with Crippen molar-refractivity contribution >= 4 is 5.91 Å². The number of aromatic nitrogens is 1. The molecule has 0 saturated heterocycles. The summed E-state index contributed by atoms with van der Waals surface area (Å²) in [6.45, 7) is 2.81. The van der Waals surface area contributed by atoms with Crippen LogP contribution in [0.2, 0.25) is 0 Å². The predicted molar refractivity (Wildman–Crippen MR) is 95.7 cm³/mol. The first kappa shape index (κ1) is 18.1. The van der Waals surface area contributed by atoms with E-state index in [4.69, 9.17) is 4.74 Å². The summed E-state index contributed by atoms with van der Waals surface area (Å²) in [6, 6.07) is 12.0. The van der Waals surface area contributed by atoms with E-state index < -0.39 is 0 Å². The van der Waals surface area contributed by atoms with Crippen molar-refractivity contribution in [1.29, 1.82) is 0 Å². The Morgan fingerprint density at radius 2 is 1.71 bits per heavy atom. The van der Waals surface area contributed by atoms with Gasteiger partial charge in [-0.3, -0.25) is 9.78 Å². The molecule has 4 heteroatoms. The smallest absolute Gasteiger partial charge is 0.220 e. The Balaban J connectivity index is 2.01. The standard InChI is InChI=1S/C20H26N2O2/c1-16-7-9-17(10-8-16)20(18-11-13-21-14-12-18)22-19(23)6-4-3-5-15-24-2/h7-14,20H,3-6,15H2,1-2H3,(H,22,23)/t20-/m1/s1. The average Bonchev–Trinajstić information content (AvgIpc) is 2.61. The lowest BCUT2D eigenvalue weighted by Gasteiger charge is -2.20. The van der Waals surface area contributed by atoms with E-state index in [2.05, 4.69) is 41.5 Å². The van der Waals surface area contributed by atoms with E-state index in [1.807, 2.05) is 12.1 Å². The number of rotatable bonds is 9. The Hall–Kier alpha value is -2.20. The molecule has 0 spiro atoms. The third-order valence-electron chi connectivity index (χ3n) is 4.01. The third kappa shape index (κ3) is 5.78. The van der Waals surface area contributed by atoms with Crippen LogP contribution in [-0.2, 0) is 9.53 Å². The van der Waals surface area contributed by atoms with Gasteiger partial charge < -0.3 is 10.1 Å². The van der Waals surface area contributed by atoms with Crippen LogP contribution in [0.3, 0.4) is 0 Å². The van der Waals surface area contributed by atoms with Gasteiger partial charge in [-0.25, -0.2) is 0 Å². The summed E-state index contributed by atoms with van der Waals surface area (Å²) in [6.07, 6.45) is 6.94. The molecule has 0 aliphatic heterocycles. The molecule has 0 bridgehead atoms. The lowest BCUT2D eigenvalue weighted by Crippen LogP contribution is -2.29. The topological polar surface area (TPSA) is 51.2 Å². The van der Waals surface area contributed by atoms with E-state index in [9.17, 15) is 4.79 Å². The molecular weight excluding hydrogens is 300 g/mol. The maximum atomic E-state index is 12.3. The van der Waals surface area contributed by atoms with Gasteiger partial charge in [-0.2, -0.15) is 0 Å². The van der Waals surface area contributed by atoms with Gasteiger partial charge in [-0.05, 0) is 43.0 Å². The molecule has 1 atom stereocenters. The van der Waals surface area contributed by atoms with Crippen LogP contribution in [0.5, 0.6) is 0 Å². The van der Waals surface area contributed by atoms with Gasteiger partial charge in [0.25, 0.3) is 0 Å². The maximum Gasteiger partial charge on any atom is 0.220 e. The molecule has 1 N–H and O–H groups in total. The molecule has 4 nitrogen and oxygen atoms in total. The number of methoxy groups -OCH3 is 1. The number of amides is 1. The first-order chi connectivity index (χ1) is 11.7. The van der Waals surface area contributed by atoms with E-state index in [-0.39, 0.29) is 11.9 Å². The van der Waals surface area contributed by atoms with Gasteiger partial charge >= 0.3 is 0 Å². The Kier molecular flexibility index (Phi) is 7.43. The second kappa shape index (κ2) is 9.83. The largest absolute Gasteiger partial charge is 0.385 e. The van der Waals surface area contributed by atoms with E-state index in [1.165, 1.54) is 5.56 Å². The summed E-state index contributed by atoms with van der Waals surface area (Å²) < 4.78 is 5.03. The molecule has 1 aromatic carbocycles. The van der Waals surface area contributed by atoms with Crippen molar-refractivity contribution in [1.82, 2.24) is 10.3 Å². The van der Waals surface area contributed by atoms with Gasteiger partial charge in [0.05, 0.1) is 6.04 Å². The van der Waals surface area contributed by atoms with Gasteiger partial charge in [-0.15, -0.1) is 0 Å². The quantitative estimate of drug-likeness (QED) is 0.713. The summed E-state index contributed by atoms with van der Waals surface area (Å²) >= 11 is 0. The van der Waals surface area contributed by atoms with Crippen molar-refractivity contribution in [3.8, 4) is 0 Å². The first-order valence-corrected chi connectivity index (χ1v) is 8.45. The Labute approximate surface area is 144 Å². The van der Waals surface area contributed by atoms with Crippen LogP contribution in [0, 0.1) is 6.92 Å². The Bertz CT molecular complexity index is 611. The predicted octanol–water partition coefficient (Wildman–Crippen LogP) is 3.80.